The number of carbonyl (C=O) groups excluding carboxylic acids is 1. The highest BCUT2D eigenvalue weighted by atomic mass is 16.6. The number of benzene rings is 1. The molecule has 0 bridgehead atoms. The molecule has 0 aromatic heterocycles. The number of hydrogen-bond donors (Lipinski definition) is 2. The van der Waals surface area contributed by atoms with Crippen molar-refractivity contribution in [3.63, 3.8) is 0 Å². The van der Waals surface area contributed by atoms with Crippen molar-refractivity contribution in [2.45, 2.75) is 19.1 Å². The van der Waals surface area contributed by atoms with E-state index in [2.05, 4.69) is 10.6 Å². The fraction of sp³-hybridized carbons (Fsp3) is 0.462. The van der Waals surface area contributed by atoms with Crippen molar-refractivity contribution < 1.29 is 14.5 Å². The van der Waals surface area contributed by atoms with Crippen LogP contribution in [0.15, 0.2) is 24.3 Å². The van der Waals surface area contributed by atoms with Gasteiger partial charge in [0.05, 0.1) is 24.1 Å². The van der Waals surface area contributed by atoms with Gasteiger partial charge >= 0.3 is 0 Å². The lowest BCUT2D eigenvalue weighted by molar-refractivity contribution is -0.385. The van der Waals surface area contributed by atoms with Gasteiger partial charge in [0.1, 0.15) is 0 Å². The first-order chi connectivity index (χ1) is 9.66. The van der Waals surface area contributed by atoms with Crippen LogP contribution >= 0.6 is 0 Å². The minimum Gasteiger partial charge on any atom is -0.375 e. The maximum atomic E-state index is 11.8. The molecular formula is C13H17N3O4. The Labute approximate surface area is 116 Å². The van der Waals surface area contributed by atoms with Crippen molar-refractivity contribution >= 4 is 11.6 Å². The van der Waals surface area contributed by atoms with Crippen LogP contribution in [0.3, 0.4) is 0 Å². The number of morpholine rings is 1. The van der Waals surface area contributed by atoms with E-state index in [4.69, 9.17) is 4.74 Å². The van der Waals surface area contributed by atoms with Crippen molar-refractivity contribution in [2.24, 2.45) is 0 Å². The van der Waals surface area contributed by atoms with Gasteiger partial charge in [0.15, 0.2) is 0 Å². The van der Waals surface area contributed by atoms with Crippen LogP contribution in [0.2, 0.25) is 0 Å². The van der Waals surface area contributed by atoms with E-state index in [1.165, 1.54) is 6.07 Å². The van der Waals surface area contributed by atoms with Crippen molar-refractivity contribution in [1.82, 2.24) is 10.6 Å². The summed E-state index contributed by atoms with van der Waals surface area (Å²) in [5.74, 6) is -0.170. The second kappa shape index (κ2) is 6.97. The van der Waals surface area contributed by atoms with Gasteiger partial charge in [0, 0.05) is 31.3 Å². The van der Waals surface area contributed by atoms with Gasteiger partial charge < -0.3 is 15.4 Å². The molecule has 0 saturated carbocycles. The normalized spacial score (nSPS) is 18.5. The summed E-state index contributed by atoms with van der Waals surface area (Å²) in [7, 11) is 0. The van der Waals surface area contributed by atoms with Gasteiger partial charge in [-0.1, -0.05) is 18.2 Å². The fourth-order valence-electron chi connectivity index (χ4n) is 2.06. The molecule has 7 heteroatoms. The summed E-state index contributed by atoms with van der Waals surface area (Å²) in [6.45, 7) is 2.20. The van der Waals surface area contributed by atoms with Gasteiger partial charge in [0.2, 0.25) is 5.91 Å². The molecule has 1 aliphatic rings. The highest BCUT2D eigenvalue weighted by Crippen LogP contribution is 2.17. The maximum absolute atomic E-state index is 11.8. The zero-order valence-corrected chi connectivity index (χ0v) is 11.0. The third kappa shape index (κ3) is 4.01. The van der Waals surface area contributed by atoms with Gasteiger partial charge in [-0.3, -0.25) is 14.9 Å². The smallest absolute Gasteiger partial charge is 0.274 e. The van der Waals surface area contributed by atoms with Gasteiger partial charge in [-0.15, -0.1) is 0 Å². The van der Waals surface area contributed by atoms with E-state index in [0.717, 1.165) is 6.54 Å². The van der Waals surface area contributed by atoms with Crippen molar-refractivity contribution in [2.75, 3.05) is 19.7 Å². The van der Waals surface area contributed by atoms with Gasteiger partial charge in [-0.25, -0.2) is 0 Å². The van der Waals surface area contributed by atoms with Crippen molar-refractivity contribution in [3.8, 4) is 0 Å². The predicted octanol–water partition coefficient (Wildman–Crippen LogP) is 0.590. The Bertz CT molecular complexity index is 486. The van der Waals surface area contributed by atoms with E-state index in [0.29, 0.717) is 18.7 Å². The molecule has 2 N–H and O–H groups in total. The molecule has 0 aliphatic carbocycles. The summed E-state index contributed by atoms with van der Waals surface area (Å²) >= 11 is 0. The van der Waals surface area contributed by atoms with Gasteiger partial charge in [-0.2, -0.15) is 0 Å². The number of rotatable bonds is 5. The molecule has 1 atom stereocenters. The van der Waals surface area contributed by atoms with E-state index in [1.807, 2.05) is 0 Å². The lowest BCUT2D eigenvalue weighted by atomic mass is 10.1. The lowest BCUT2D eigenvalue weighted by Crippen LogP contribution is -2.41. The van der Waals surface area contributed by atoms with Crippen LogP contribution in [-0.4, -0.2) is 36.6 Å². The molecule has 1 heterocycles. The molecule has 1 amide bonds. The molecule has 0 spiro atoms. The van der Waals surface area contributed by atoms with Crippen molar-refractivity contribution in [1.29, 1.82) is 0 Å². The van der Waals surface area contributed by atoms with Crippen LogP contribution in [0.5, 0.6) is 0 Å². The molecule has 0 radical (unpaired) electrons. The first-order valence-electron chi connectivity index (χ1n) is 6.48. The third-order valence-electron chi connectivity index (χ3n) is 3.08. The van der Waals surface area contributed by atoms with E-state index < -0.39 is 4.92 Å². The quantitative estimate of drug-likeness (QED) is 0.607. The molecule has 20 heavy (non-hydrogen) atoms. The molecule has 1 unspecified atom stereocenters. The largest absolute Gasteiger partial charge is 0.375 e. The third-order valence-corrected chi connectivity index (χ3v) is 3.08. The zero-order chi connectivity index (χ0) is 14.4. The number of nitrogens with one attached hydrogen (secondary N) is 2. The summed E-state index contributed by atoms with van der Waals surface area (Å²) in [4.78, 5) is 22.2. The Morgan fingerprint density at radius 2 is 2.30 bits per heavy atom. The van der Waals surface area contributed by atoms with E-state index in [-0.39, 0.29) is 30.7 Å². The van der Waals surface area contributed by atoms with Crippen LogP contribution in [0.4, 0.5) is 5.69 Å². The summed E-state index contributed by atoms with van der Waals surface area (Å²) in [5.41, 5.74) is 0.511. The number of nitrogens with zero attached hydrogens (tertiary/aromatic N) is 1. The number of para-hydroxylation sites is 1. The second-order valence-corrected chi connectivity index (χ2v) is 4.56. The maximum Gasteiger partial charge on any atom is 0.274 e. The molecule has 7 nitrogen and oxygen atoms in total. The molecular weight excluding hydrogens is 262 g/mol. The average Bonchev–Trinajstić information content (AvgIpc) is 2.46. The number of hydrogen-bond acceptors (Lipinski definition) is 5. The first kappa shape index (κ1) is 14.4. The average molecular weight is 279 g/mol. The number of nitro benzene ring substituents is 1. The van der Waals surface area contributed by atoms with Crippen LogP contribution in [0.1, 0.15) is 12.0 Å². The minimum absolute atomic E-state index is 0.0170. The summed E-state index contributed by atoms with van der Waals surface area (Å²) < 4.78 is 5.43. The van der Waals surface area contributed by atoms with Crippen LogP contribution in [-0.2, 0) is 16.1 Å². The monoisotopic (exact) mass is 279 g/mol. The van der Waals surface area contributed by atoms with E-state index in [9.17, 15) is 14.9 Å². The number of carbonyl (C=O) groups is 1. The topological polar surface area (TPSA) is 93.5 Å². The van der Waals surface area contributed by atoms with Crippen molar-refractivity contribution in [3.05, 3.63) is 39.9 Å². The molecule has 1 aliphatic heterocycles. The number of ether oxygens (including phenoxy) is 1. The van der Waals surface area contributed by atoms with Gasteiger partial charge in [-0.05, 0) is 0 Å². The Hall–Kier alpha value is -1.99. The molecule has 108 valence electrons. The standard InChI is InChI=1S/C13H17N3O4/c17-13(7-11-9-14-5-6-20-11)15-8-10-3-1-2-4-12(10)16(18)19/h1-4,11,14H,5-9H2,(H,15,17). The SMILES string of the molecule is O=C(CC1CNCCO1)NCc1ccccc1[N+](=O)[O-]. The summed E-state index contributed by atoms with van der Waals surface area (Å²) in [5, 5.41) is 16.7. The Morgan fingerprint density at radius 1 is 1.50 bits per heavy atom. The van der Waals surface area contributed by atoms with E-state index in [1.54, 1.807) is 18.2 Å². The van der Waals surface area contributed by atoms with Crippen LogP contribution in [0.25, 0.3) is 0 Å². The highest BCUT2D eigenvalue weighted by Gasteiger charge is 2.18. The molecule has 1 saturated heterocycles. The second-order valence-electron chi connectivity index (χ2n) is 4.56. The summed E-state index contributed by atoms with van der Waals surface area (Å²) in [6.07, 6.45) is 0.127. The Balaban J connectivity index is 1.85. The molecule has 2 rings (SSSR count). The predicted molar refractivity (Wildman–Crippen MR) is 72.2 cm³/mol. The zero-order valence-electron chi connectivity index (χ0n) is 11.0. The lowest BCUT2D eigenvalue weighted by Gasteiger charge is -2.23. The molecule has 1 aromatic carbocycles. The Kier molecular flexibility index (Phi) is 5.03. The van der Waals surface area contributed by atoms with Crippen LogP contribution in [0, 0.1) is 10.1 Å². The van der Waals surface area contributed by atoms with Gasteiger partial charge in [0.25, 0.3) is 5.69 Å². The minimum atomic E-state index is -0.449. The summed E-state index contributed by atoms with van der Waals surface area (Å²) in [6, 6.07) is 6.38. The number of amides is 1. The molecule has 1 aromatic rings. The fourth-order valence-corrected chi connectivity index (χ4v) is 2.06. The Morgan fingerprint density at radius 3 is 3.00 bits per heavy atom. The molecule has 1 fully saturated rings. The first-order valence-corrected chi connectivity index (χ1v) is 6.48. The van der Waals surface area contributed by atoms with E-state index >= 15 is 0 Å². The van der Waals surface area contributed by atoms with Crippen LogP contribution < -0.4 is 10.6 Å². The highest BCUT2D eigenvalue weighted by molar-refractivity contribution is 5.76. The number of nitro groups is 1.